The third-order valence-electron chi connectivity index (χ3n) is 4.48. The third kappa shape index (κ3) is 4.05. The van der Waals surface area contributed by atoms with Crippen molar-refractivity contribution in [3.8, 4) is 5.75 Å². The molecule has 0 spiro atoms. The smallest absolute Gasteiger partial charge is 0.246 e. The van der Waals surface area contributed by atoms with Crippen LogP contribution < -0.4 is 4.74 Å². The normalized spacial score (nSPS) is 16.7. The minimum Gasteiger partial charge on any atom is -0.495 e. The predicted octanol–water partition coefficient (Wildman–Crippen LogP) is 1.24. The molecule has 0 saturated carbocycles. The molecular weight excluding hydrogens is 356 g/mol. The second kappa shape index (κ2) is 7.73. The number of nitrogens with zero attached hydrogens (tertiary/aromatic N) is 4. The summed E-state index contributed by atoms with van der Waals surface area (Å²) in [5.41, 5.74) is 0.887. The molecule has 1 aromatic heterocycles. The van der Waals surface area contributed by atoms with E-state index in [-0.39, 0.29) is 4.90 Å². The number of aryl methyl sites for hydroxylation is 2. The van der Waals surface area contributed by atoms with Gasteiger partial charge in [-0.05, 0) is 24.6 Å². The Bertz CT molecular complexity index is 857. The number of hydrogen-bond donors (Lipinski definition) is 0. The van der Waals surface area contributed by atoms with Crippen LogP contribution in [-0.2, 0) is 16.4 Å². The van der Waals surface area contributed by atoms with Crippen LogP contribution in [0.2, 0.25) is 0 Å². The number of benzene rings is 1. The van der Waals surface area contributed by atoms with Crippen LogP contribution in [0.1, 0.15) is 17.3 Å². The number of aromatic nitrogens is 2. The predicted molar refractivity (Wildman–Crippen MR) is 95.7 cm³/mol. The van der Waals surface area contributed by atoms with Crippen molar-refractivity contribution in [2.45, 2.75) is 25.2 Å². The highest BCUT2D eigenvalue weighted by atomic mass is 32.2. The first-order valence-corrected chi connectivity index (χ1v) is 10.0. The summed E-state index contributed by atoms with van der Waals surface area (Å²) in [6.45, 7) is 6.63. The van der Waals surface area contributed by atoms with Gasteiger partial charge in [-0.1, -0.05) is 6.07 Å². The SMILES string of the molecule is COc1ccc(C)cc1S(=O)(=O)N1CCN(CCc2nnc(C)o2)CC1. The van der Waals surface area contributed by atoms with Crippen molar-refractivity contribution in [1.29, 1.82) is 0 Å². The molecule has 1 saturated heterocycles. The fourth-order valence-corrected chi connectivity index (χ4v) is 4.67. The maximum absolute atomic E-state index is 13.0. The Labute approximate surface area is 153 Å². The zero-order valence-electron chi connectivity index (χ0n) is 15.3. The zero-order chi connectivity index (χ0) is 18.7. The van der Waals surface area contributed by atoms with Gasteiger partial charge >= 0.3 is 0 Å². The van der Waals surface area contributed by atoms with Gasteiger partial charge in [0.15, 0.2) is 0 Å². The minimum absolute atomic E-state index is 0.231. The first kappa shape index (κ1) is 18.8. The number of rotatable bonds is 6. The molecule has 1 aromatic carbocycles. The van der Waals surface area contributed by atoms with Gasteiger partial charge in [-0.15, -0.1) is 10.2 Å². The quantitative estimate of drug-likeness (QED) is 0.745. The summed E-state index contributed by atoms with van der Waals surface area (Å²) >= 11 is 0. The molecular formula is C17H24N4O4S. The average Bonchev–Trinajstić information content (AvgIpc) is 3.05. The molecule has 2 heterocycles. The van der Waals surface area contributed by atoms with E-state index in [1.54, 1.807) is 19.1 Å². The van der Waals surface area contributed by atoms with Gasteiger partial charge in [-0.2, -0.15) is 4.31 Å². The van der Waals surface area contributed by atoms with Crippen molar-refractivity contribution < 1.29 is 17.6 Å². The van der Waals surface area contributed by atoms with Crippen LogP contribution >= 0.6 is 0 Å². The fourth-order valence-electron chi connectivity index (χ4n) is 3.01. The molecule has 0 N–H and O–H groups in total. The summed E-state index contributed by atoms with van der Waals surface area (Å²) in [4.78, 5) is 2.44. The summed E-state index contributed by atoms with van der Waals surface area (Å²) in [5.74, 6) is 1.55. The van der Waals surface area contributed by atoms with E-state index in [0.29, 0.717) is 50.1 Å². The van der Waals surface area contributed by atoms with Crippen LogP contribution in [0.25, 0.3) is 0 Å². The highest BCUT2D eigenvalue weighted by Crippen LogP contribution is 2.28. The second-order valence-electron chi connectivity index (χ2n) is 6.36. The van der Waals surface area contributed by atoms with Crippen LogP contribution in [0.5, 0.6) is 5.75 Å². The summed E-state index contributed by atoms with van der Waals surface area (Å²) in [6, 6.07) is 5.21. The van der Waals surface area contributed by atoms with E-state index in [1.165, 1.54) is 11.4 Å². The van der Waals surface area contributed by atoms with E-state index < -0.39 is 10.0 Å². The molecule has 0 radical (unpaired) electrons. The fraction of sp³-hybridized carbons (Fsp3) is 0.529. The Morgan fingerprint density at radius 2 is 1.88 bits per heavy atom. The van der Waals surface area contributed by atoms with Gasteiger partial charge in [-0.25, -0.2) is 8.42 Å². The van der Waals surface area contributed by atoms with Crippen molar-refractivity contribution >= 4 is 10.0 Å². The lowest BCUT2D eigenvalue weighted by Crippen LogP contribution is -2.49. The lowest BCUT2D eigenvalue weighted by Gasteiger charge is -2.34. The molecule has 0 aliphatic carbocycles. The van der Waals surface area contributed by atoms with Crippen LogP contribution in [0, 0.1) is 13.8 Å². The highest BCUT2D eigenvalue weighted by molar-refractivity contribution is 7.89. The summed E-state index contributed by atoms with van der Waals surface area (Å²) < 4.78 is 38.2. The maximum atomic E-state index is 13.0. The molecule has 2 aromatic rings. The molecule has 0 atom stereocenters. The molecule has 0 unspecified atom stereocenters. The molecule has 0 amide bonds. The van der Waals surface area contributed by atoms with Gasteiger partial charge in [0.1, 0.15) is 10.6 Å². The van der Waals surface area contributed by atoms with E-state index in [9.17, 15) is 8.42 Å². The Hall–Kier alpha value is -1.97. The monoisotopic (exact) mass is 380 g/mol. The van der Waals surface area contributed by atoms with Crippen molar-refractivity contribution in [2.24, 2.45) is 0 Å². The Balaban J connectivity index is 1.62. The van der Waals surface area contributed by atoms with E-state index in [1.807, 2.05) is 13.0 Å². The van der Waals surface area contributed by atoms with Crippen molar-refractivity contribution in [1.82, 2.24) is 19.4 Å². The summed E-state index contributed by atoms with van der Waals surface area (Å²) in [7, 11) is -2.09. The van der Waals surface area contributed by atoms with Gasteiger partial charge in [0.2, 0.25) is 21.8 Å². The topological polar surface area (TPSA) is 88.8 Å². The molecule has 1 fully saturated rings. The number of sulfonamides is 1. The molecule has 9 heteroatoms. The maximum Gasteiger partial charge on any atom is 0.246 e. The molecule has 142 valence electrons. The van der Waals surface area contributed by atoms with Crippen molar-refractivity contribution in [3.05, 3.63) is 35.5 Å². The van der Waals surface area contributed by atoms with Crippen LogP contribution in [-0.4, -0.2) is 67.7 Å². The van der Waals surface area contributed by atoms with Gasteiger partial charge in [-0.3, -0.25) is 0 Å². The standard InChI is InChI=1S/C17H24N4O4S/c1-13-4-5-15(24-3)16(12-13)26(22,23)21-10-8-20(9-11-21)7-6-17-19-18-14(2)25-17/h4-5,12H,6-11H2,1-3H3. The highest BCUT2D eigenvalue weighted by Gasteiger charge is 2.30. The van der Waals surface area contributed by atoms with E-state index in [2.05, 4.69) is 15.1 Å². The Kier molecular flexibility index (Phi) is 5.59. The first-order chi connectivity index (χ1) is 12.4. The molecule has 1 aliphatic rings. The summed E-state index contributed by atoms with van der Waals surface area (Å²) in [5, 5.41) is 7.80. The number of methoxy groups -OCH3 is 1. The molecule has 1 aliphatic heterocycles. The van der Waals surface area contributed by atoms with Gasteiger partial charge in [0.25, 0.3) is 0 Å². The van der Waals surface area contributed by atoms with E-state index in [0.717, 1.165) is 12.1 Å². The second-order valence-corrected chi connectivity index (χ2v) is 8.27. The molecule has 8 nitrogen and oxygen atoms in total. The number of piperazine rings is 1. The Morgan fingerprint density at radius 1 is 1.15 bits per heavy atom. The van der Waals surface area contributed by atoms with Gasteiger partial charge in [0.05, 0.1) is 7.11 Å². The summed E-state index contributed by atoms with van der Waals surface area (Å²) in [6.07, 6.45) is 0.666. The van der Waals surface area contributed by atoms with Crippen molar-refractivity contribution in [2.75, 3.05) is 39.8 Å². The van der Waals surface area contributed by atoms with Gasteiger partial charge < -0.3 is 14.1 Å². The average molecular weight is 380 g/mol. The van der Waals surface area contributed by atoms with Crippen molar-refractivity contribution in [3.63, 3.8) is 0 Å². The van der Waals surface area contributed by atoms with E-state index in [4.69, 9.17) is 9.15 Å². The lowest BCUT2D eigenvalue weighted by atomic mass is 10.2. The zero-order valence-corrected chi connectivity index (χ0v) is 16.1. The Morgan fingerprint density at radius 3 is 2.50 bits per heavy atom. The molecule has 26 heavy (non-hydrogen) atoms. The van der Waals surface area contributed by atoms with Crippen LogP contribution in [0.3, 0.4) is 0 Å². The number of hydrogen-bond acceptors (Lipinski definition) is 7. The third-order valence-corrected chi connectivity index (χ3v) is 6.40. The largest absolute Gasteiger partial charge is 0.495 e. The molecule has 3 rings (SSSR count). The first-order valence-electron chi connectivity index (χ1n) is 8.56. The lowest BCUT2D eigenvalue weighted by molar-refractivity contribution is 0.186. The van der Waals surface area contributed by atoms with Gasteiger partial charge in [0, 0.05) is 46.1 Å². The van der Waals surface area contributed by atoms with Crippen LogP contribution in [0.15, 0.2) is 27.5 Å². The number of ether oxygens (including phenoxy) is 1. The minimum atomic E-state index is -3.57. The van der Waals surface area contributed by atoms with E-state index >= 15 is 0 Å². The van der Waals surface area contributed by atoms with Crippen LogP contribution in [0.4, 0.5) is 0 Å². The molecule has 0 bridgehead atoms.